The number of aliphatic hydroxyl groups excluding tert-OH is 1. The van der Waals surface area contributed by atoms with Crippen LogP contribution in [-0.4, -0.2) is 62.0 Å². The maximum Gasteiger partial charge on any atom is 0.0702 e. The van der Waals surface area contributed by atoms with Crippen LogP contribution in [0.25, 0.3) is 0 Å². The Morgan fingerprint density at radius 1 is 1.56 bits per heavy atom. The van der Waals surface area contributed by atoms with Gasteiger partial charge in [-0.25, -0.2) is 0 Å². The van der Waals surface area contributed by atoms with Crippen LogP contribution in [0.1, 0.15) is 26.2 Å². The van der Waals surface area contributed by atoms with Gasteiger partial charge in [0, 0.05) is 32.3 Å². The number of hydrogen-bond acceptors (Lipinski definition) is 4. The lowest BCUT2D eigenvalue weighted by molar-refractivity contribution is 0.0774. The van der Waals surface area contributed by atoms with Crippen molar-refractivity contribution in [3.8, 4) is 0 Å². The minimum absolute atomic E-state index is 0.255. The highest BCUT2D eigenvalue weighted by atomic mass is 16.5. The Bertz CT molecular complexity index is 166. The molecule has 96 valence electrons. The Hall–Kier alpha value is -0.160. The van der Waals surface area contributed by atoms with Crippen LogP contribution in [0.3, 0.4) is 0 Å². The predicted molar refractivity (Wildman–Crippen MR) is 65.6 cm³/mol. The van der Waals surface area contributed by atoms with Crippen molar-refractivity contribution >= 4 is 0 Å². The second-order valence-electron chi connectivity index (χ2n) is 4.62. The highest BCUT2D eigenvalue weighted by Gasteiger charge is 2.18. The lowest BCUT2D eigenvalue weighted by atomic mass is 10.2. The Morgan fingerprint density at radius 2 is 2.38 bits per heavy atom. The van der Waals surface area contributed by atoms with Crippen molar-refractivity contribution in [1.29, 1.82) is 0 Å². The van der Waals surface area contributed by atoms with Crippen molar-refractivity contribution in [2.75, 3.05) is 39.9 Å². The maximum atomic E-state index is 8.98. The lowest BCUT2D eigenvalue weighted by Crippen LogP contribution is -2.42. The molecule has 0 aromatic heterocycles. The number of aliphatic hydroxyl groups is 1. The van der Waals surface area contributed by atoms with Gasteiger partial charge in [-0.15, -0.1) is 0 Å². The SMILES string of the molecule is CCNC(CCO)CN(C)CC1CCCO1. The van der Waals surface area contributed by atoms with Crippen LogP contribution in [0, 0.1) is 0 Å². The van der Waals surface area contributed by atoms with E-state index in [9.17, 15) is 0 Å². The van der Waals surface area contributed by atoms with E-state index in [1.54, 1.807) is 0 Å². The fourth-order valence-corrected chi connectivity index (χ4v) is 2.29. The van der Waals surface area contributed by atoms with Crippen molar-refractivity contribution in [2.24, 2.45) is 0 Å². The van der Waals surface area contributed by atoms with Crippen molar-refractivity contribution in [2.45, 2.75) is 38.3 Å². The zero-order valence-electron chi connectivity index (χ0n) is 10.6. The Kier molecular flexibility index (Phi) is 6.96. The Labute approximate surface area is 99.0 Å². The molecule has 1 heterocycles. The van der Waals surface area contributed by atoms with Crippen molar-refractivity contribution in [3.63, 3.8) is 0 Å². The number of nitrogens with zero attached hydrogens (tertiary/aromatic N) is 1. The molecule has 1 aliphatic heterocycles. The number of hydrogen-bond donors (Lipinski definition) is 2. The van der Waals surface area contributed by atoms with Crippen LogP contribution in [0.4, 0.5) is 0 Å². The van der Waals surface area contributed by atoms with Crippen molar-refractivity contribution < 1.29 is 9.84 Å². The van der Waals surface area contributed by atoms with Gasteiger partial charge in [0.15, 0.2) is 0 Å². The van der Waals surface area contributed by atoms with E-state index in [0.29, 0.717) is 12.1 Å². The van der Waals surface area contributed by atoms with Crippen LogP contribution in [-0.2, 0) is 4.74 Å². The number of rotatable bonds is 8. The van der Waals surface area contributed by atoms with Gasteiger partial charge in [-0.3, -0.25) is 0 Å². The molecule has 0 amide bonds. The normalized spacial score (nSPS) is 22.9. The van der Waals surface area contributed by atoms with Crippen molar-refractivity contribution in [3.05, 3.63) is 0 Å². The third-order valence-electron chi connectivity index (χ3n) is 3.04. The van der Waals surface area contributed by atoms with E-state index in [0.717, 1.165) is 32.7 Å². The molecule has 0 spiro atoms. The second-order valence-corrected chi connectivity index (χ2v) is 4.62. The van der Waals surface area contributed by atoms with Gasteiger partial charge >= 0.3 is 0 Å². The summed E-state index contributed by atoms with van der Waals surface area (Å²) in [5, 5.41) is 12.4. The quantitative estimate of drug-likeness (QED) is 0.636. The van der Waals surface area contributed by atoms with Crippen molar-refractivity contribution in [1.82, 2.24) is 10.2 Å². The second kappa shape index (κ2) is 8.01. The summed E-state index contributed by atoms with van der Waals surface area (Å²) in [6, 6.07) is 0.390. The highest BCUT2D eigenvalue weighted by Crippen LogP contribution is 2.12. The molecule has 4 heteroatoms. The van der Waals surface area contributed by atoms with Gasteiger partial charge in [-0.05, 0) is 32.9 Å². The number of likely N-dealkylation sites (N-methyl/N-ethyl adjacent to an activating group) is 2. The molecule has 1 fully saturated rings. The largest absolute Gasteiger partial charge is 0.396 e. The highest BCUT2D eigenvalue weighted by molar-refractivity contribution is 4.74. The molecule has 16 heavy (non-hydrogen) atoms. The number of ether oxygens (including phenoxy) is 1. The molecule has 2 N–H and O–H groups in total. The molecule has 0 aromatic rings. The molecule has 0 saturated carbocycles. The molecule has 0 aliphatic carbocycles. The van der Waals surface area contributed by atoms with Gasteiger partial charge in [0.2, 0.25) is 0 Å². The van der Waals surface area contributed by atoms with E-state index in [-0.39, 0.29) is 6.61 Å². The van der Waals surface area contributed by atoms with Gasteiger partial charge in [0.25, 0.3) is 0 Å². The summed E-state index contributed by atoms with van der Waals surface area (Å²) in [6.45, 7) is 6.22. The van der Waals surface area contributed by atoms with Gasteiger partial charge in [0.1, 0.15) is 0 Å². The van der Waals surface area contributed by atoms with E-state index in [4.69, 9.17) is 9.84 Å². The molecule has 2 atom stereocenters. The monoisotopic (exact) mass is 230 g/mol. The molecule has 0 aromatic carbocycles. The van der Waals surface area contributed by atoms with E-state index in [1.807, 2.05) is 0 Å². The molecule has 1 saturated heterocycles. The average molecular weight is 230 g/mol. The minimum Gasteiger partial charge on any atom is -0.396 e. The topological polar surface area (TPSA) is 44.7 Å². The first-order valence-electron chi connectivity index (χ1n) is 6.40. The van der Waals surface area contributed by atoms with Gasteiger partial charge < -0.3 is 20.1 Å². The summed E-state index contributed by atoms with van der Waals surface area (Å²) < 4.78 is 5.61. The Balaban J connectivity index is 2.20. The third-order valence-corrected chi connectivity index (χ3v) is 3.04. The standard InChI is InChI=1S/C12H26N2O2/c1-3-13-11(6-7-15)9-14(2)10-12-5-4-8-16-12/h11-13,15H,3-10H2,1-2H3. The predicted octanol–water partition coefficient (Wildman–Crippen LogP) is 0.458. The van der Waals surface area contributed by atoms with Crippen LogP contribution < -0.4 is 5.32 Å². The lowest BCUT2D eigenvalue weighted by Gasteiger charge is -2.26. The first-order valence-corrected chi connectivity index (χ1v) is 6.40. The zero-order chi connectivity index (χ0) is 11.8. The molecule has 1 aliphatic rings. The van der Waals surface area contributed by atoms with Crippen LogP contribution in [0.5, 0.6) is 0 Å². The fourth-order valence-electron chi connectivity index (χ4n) is 2.29. The first-order chi connectivity index (χ1) is 7.76. The smallest absolute Gasteiger partial charge is 0.0702 e. The fraction of sp³-hybridized carbons (Fsp3) is 1.00. The molecule has 4 nitrogen and oxygen atoms in total. The van der Waals surface area contributed by atoms with Gasteiger partial charge in [-0.2, -0.15) is 0 Å². The minimum atomic E-state index is 0.255. The maximum absolute atomic E-state index is 8.98. The molecular weight excluding hydrogens is 204 g/mol. The van der Waals surface area contributed by atoms with E-state index in [2.05, 4.69) is 24.2 Å². The van der Waals surface area contributed by atoms with E-state index in [1.165, 1.54) is 12.8 Å². The van der Waals surface area contributed by atoms with Crippen LogP contribution in [0.2, 0.25) is 0 Å². The number of nitrogens with one attached hydrogen (secondary N) is 1. The van der Waals surface area contributed by atoms with E-state index < -0.39 is 0 Å². The summed E-state index contributed by atoms with van der Waals surface area (Å²) in [4.78, 5) is 2.30. The summed E-state index contributed by atoms with van der Waals surface area (Å²) in [5.74, 6) is 0. The molecular formula is C12H26N2O2. The van der Waals surface area contributed by atoms with Gasteiger partial charge in [-0.1, -0.05) is 6.92 Å². The third kappa shape index (κ3) is 5.25. The molecule has 2 unspecified atom stereocenters. The summed E-state index contributed by atoms with van der Waals surface area (Å²) in [5.41, 5.74) is 0. The van der Waals surface area contributed by atoms with Crippen LogP contribution in [0.15, 0.2) is 0 Å². The molecule has 0 radical (unpaired) electrons. The van der Waals surface area contributed by atoms with Crippen LogP contribution >= 0.6 is 0 Å². The zero-order valence-corrected chi connectivity index (χ0v) is 10.6. The van der Waals surface area contributed by atoms with Gasteiger partial charge in [0.05, 0.1) is 6.10 Å². The van der Waals surface area contributed by atoms with E-state index >= 15 is 0 Å². The summed E-state index contributed by atoms with van der Waals surface area (Å²) >= 11 is 0. The summed E-state index contributed by atoms with van der Waals surface area (Å²) in [7, 11) is 2.13. The molecule has 0 bridgehead atoms. The Morgan fingerprint density at radius 3 is 2.94 bits per heavy atom. The molecule has 1 rings (SSSR count). The average Bonchev–Trinajstić information content (AvgIpc) is 2.71. The first kappa shape index (κ1) is 13.9. The summed E-state index contributed by atoms with van der Waals surface area (Å²) in [6.07, 6.45) is 3.63.